The number of aromatic nitrogens is 7. The number of fused-ring (bicyclic) bond motifs is 4. The Morgan fingerprint density at radius 3 is 1.66 bits per heavy atom. The van der Waals surface area contributed by atoms with E-state index in [1.807, 2.05) is 42.5 Å². The average molecular weight is 910 g/mol. The lowest BCUT2D eigenvalue weighted by Crippen LogP contribution is -2.50. The van der Waals surface area contributed by atoms with Crippen LogP contribution in [0, 0.1) is 0 Å². The van der Waals surface area contributed by atoms with Crippen molar-refractivity contribution in [2.24, 2.45) is 0 Å². The van der Waals surface area contributed by atoms with Crippen LogP contribution in [0.15, 0.2) is 91.9 Å². The number of aromatic amines is 2. The highest BCUT2D eigenvalue weighted by molar-refractivity contribution is 6.45. The van der Waals surface area contributed by atoms with Crippen molar-refractivity contribution in [1.29, 1.82) is 0 Å². The summed E-state index contributed by atoms with van der Waals surface area (Å²) in [6, 6.07) is 19.5. The van der Waals surface area contributed by atoms with Crippen LogP contribution >= 0.6 is 0 Å². The number of aliphatic carboxylic acids is 1. The van der Waals surface area contributed by atoms with E-state index in [1.165, 1.54) is 33.7 Å². The summed E-state index contributed by atoms with van der Waals surface area (Å²) < 4.78 is 20.9. The molecule has 2 fully saturated rings. The molecule has 3 aromatic carbocycles. The number of piperazine rings is 2. The van der Waals surface area contributed by atoms with Gasteiger partial charge >= 0.3 is 5.97 Å². The minimum absolute atomic E-state index is 0.00931. The Labute approximate surface area is 382 Å². The molecule has 0 saturated carbocycles. The van der Waals surface area contributed by atoms with E-state index in [0.29, 0.717) is 65.2 Å². The van der Waals surface area contributed by atoms with Gasteiger partial charge in [0.2, 0.25) is 5.88 Å². The van der Waals surface area contributed by atoms with Crippen LogP contribution in [0.3, 0.4) is 0 Å². The summed E-state index contributed by atoms with van der Waals surface area (Å²) in [5.74, 6) is -0.124. The van der Waals surface area contributed by atoms with Crippen molar-refractivity contribution >= 4 is 78.7 Å². The molecule has 20 heteroatoms. The molecule has 0 radical (unpaired) electrons. The number of nitrogens with zero attached hydrogens (tertiary/aromatic N) is 8. The molecule has 20 nitrogen and oxygen atoms in total. The first-order valence-electron chi connectivity index (χ1n) is 21.2. The molecule has 4 N–H and O–H groups in total. The first kappa shape index (κ1) is 45.2. The highest BCUT2D eigenvalue weighted by Gasteiger charge is 2.31. The van der Waals surface area contributed by atoms with Gasteiger partial charge in [-0.05, 0) is 36.4 Å². The van der Waals surface area contributed by atoms with Crippen LogP contribution in [-0.2, 0) is 9.59 Å². The maximum atomic E-state index is 13.2. The number of hydrogen-bond acceptors (Lipinski definition) is 16. The maximum Gasteiger partial charge on any atom is 0.377 e. The van der Waals surface area contributed by atoms with Crippen molar-refractivity contribution in [3.05, 3.63) is 103 Å². The van der Waals surface area contributed by atoms with Crippen molar-refractivity contribution in [2.45, 2.75) is 0 Å². The number of para-hydroxylation sites is 2. The van der Waals surface area contributed by atoms with E-state index < -0.39 is 23.4 Å². The molecule has 10 rings (SSSR count). The van der Waals surface area contributed by atoms with Gasteiger partial charge in [0.05, 0.1) is 73.1 Å². The van der Waals surface area contributed by atoms with E-state index in [4.69, 9.17) is 24.1 Å². The minimum Gasteiger partial charge on any atom is -0.496 e. The standard InChI is InChI=1S/C24H23N5O4.C12H14N4.C11H10N2O5/c1-32-18-7-8-19(33-2)21-20(18)16(13-25-21)22(30)24(31)29-11-9-28(10-12-29)23-15-5-3-4-6-17(15)26-14-27-23;1-2-4-11-10(3-1)12(15-9-14-11)16-7-5-13-6-8-16;1-17-6-4-13-10(18-2)8-7(6)5(3-12-8)9(14)11(15)16/h3-8,13-14,25H,9-12H2,1-2H3;1-4,9,13H,5-8H2;3-4,12H,1-2H3,(H,15,16). The number of carbonyl (C=O) groups excluding carboxylic acids is 3. The van der Waals surface area contributed by atoms with Crippen LogP contribution in [-0.4, -0.2) is 149 Å². The molecule has 67 heavy (non-hydrogen) atoms. The zero-order valence-electron chi connectivity index (χ0n) is 37.1. The number of ether oxygens (including phenoxy) is 4. The van der Waals surface area contributed by atoms with E-state index in [-0.39, 0.29) is 17.0 Å². The number of carboxylic acid groups (broad SMARTS) is 1. The molecule has 344 valence electrons. The number of anilines is 2. The van der Waals surface area contributed by atoms with Crippen LogP contribution in [0.4, 0.5) is 11.6 Å². The van der Waals surface area contributed by atoms with Crippen LogP contribution in [0.25, 0.3) is 43.6 Å². The van der Waals surface area contributed by atoms with Gasteiger partial charge in [0.1, 0.15) is 47.1 Å². The molecule has 0 aliphatic carbocycles. The summed E-state index contributed by atoms with van der Waals surface area (Å²) in [6.45, 7) is 6.08. The third-order valence-electron chi connectivity index (χ3n) is 11.5. The van der Waals surface area contributed by atoms with Gasteiger partial charge < -0.3 is 54.0 Å². The summed E-state index contributed by atoms with van der Waals surface area (Å²) in [6.07, 6.45) is 7.41. The van der Waals surface area contributed by atoms with E-state index in [0.717, 1.165) is 59.6 Å². The number of Topliss-reactive ketones (excluding diaryl/α,β-unsaturated/α-hetero) is 2. The summed E-state index contributed by atoms with van der Waals surface area (Å²) in [7, 11) is 5.91. The van der Waals surface area contributed by atoms with Crippen LogP contribution in [0.5, 0.6) is 23.1 Å². The molecule has 0 bridgehead atoms. The Hall–Kier alpha value is -8.39. The number of methoxy groups -OCH3 is 4. The lowest BCUT2D eigenvalue weighted by Gasteiger charge is -2.35. The molecule has 2 aliphatic heterocycles. The lowest BCUT2D eigenvalue weighted by atomic mass is 10.1. The quantitative estimate of drug-likeness (QED) is 0.109. The molecule has 1 amide bonds. The molecular weight excluding hydrogens is 863 g/mol. The van der Waals surface area contributed by atoms with Crippen molar-refractivity contribution in [2.75, 3.05) is 90.6 Å². The van der Waals surface area contributed by atoms with Gasteiger partial charge in [-0.2, -0.15) is 0 Å². The van der Waals surface area contributed by atoms with Crippen molar-refractivity contribution in [1.82, 2.24) is 45.1 Å². The second-order valence-corrected chi connectivity index (χ2v) is 15.1. The fraction of sp³-hybridized carbons (Fsp3) is 0.255. The number of carboxylic acids is 1. The fourth-order valence-electron chi connectivity index (χ4n) is 8.15. The number of H-pyrrole nitrogens is 2. The first-order chi connectivity index (χ1) is 32.7. The number of ketones is 2. The fourth-order valence-corrected chi connectivity index (χ4v) is 8.15. The Morgan fingerprint density at radius 2 is 1.09 bits per heavy atom. The molecular formula is C47H47N11O9. The van der Waals surface area contributed by atoms with Crippen molar-refractivity contribution < 1.29 is 43.2 Å². The summed E-state index contributed by atoms with van der Waals surface area (Å²) >= 11 is 0. The second-order valence-electron chi connectivity index (χ2n) is 15.1. The van der Waals surface area contributed by atoms with E-state index in [2.05, 4.69) is 56.1 Å². The highest BCUT2D eigenvalue weighted by Crippen LogP contribution is 2.36. The zero-order valence-corrected chi connectivity index (χ0v) is 37.1. The molecule has 8 aromatic rings. The number of pyridine rings is 1. The number of nitrogens with one attached hydrogen (secondary N) is 3. The van der Waals surface area contributed by atoms with Gasteiger partial charge in [-0.1, -0.05) is 24.3 Å². The Morgan fingerprint density at radius 1 is 0.567 bits per heavy atom. The predicted molar refractivity (Wildman–Crippen MR) is 250 cm³/mol. The maximum absolute atomic E-state index is 13.2. The molecule has 0 atom stereocenters. The Kier molecular flexibility index (Phi) is 13.6. The second kappa shape index (κ2) is 20.2. The number of rotatable bonds is 10. The van der Waals surface area contributed by atoms with Gasteiger partial charge in [0, 0.05) is 75.5 Å². The summed E-state index contributed by atoms with van der Waals surface area (Å²) in [4.78, 5) is 81.9. The van der Waals surface area contributed by atoms with Gasteiger partial charge in [0.15, 0.2) is 0 Å². The largest absolute Gasteiger partial charge is 0.496 e. The van der Waals surface area contributed by atoms with E-state index in [1.54, 1.807) is 43.0 Å². The normalized spacial score (nSPS) is 13.6. The highest BCUT2D eigenvalue weighted by atomic mass is 16.5. The third kappa shape index (κ3) is 9.14. The molecule has 7 heterocycles. The Balaban J connectivity index is 0.000000150. The zero-order chi connectivity index (χ0) is 47.0. The van der Waals surface area contributed by atoms with Gasteiger partial charge in [0.25, 0.3) is 17.5 Å². The molecule has 0 unspecified atom stereocenters. The smallest absolute Gasteiger partial charge is 0.377 e. The SMILES string of the molecule is COc1ccc(OC)c2c(C(=O)C(=O)N3CCN(c4ncnc5ccccc45)CC3)c[nH]c12.COc1ncc(OC)c2c(C(=O)C(=O)O)c[nH]c12.c1ccc2c(N3CCNCC3)ncnc2c1. The number of hydrogen-bond donors (Lipinski definition) is 4. The summed E-state index contributed by atoms with van der Waals surface area (Å²) in [5, 5.41) is 15.1. The monoisotopic (exact) mass is 909 g/mol. The summed E-state index contributed by atoms with van der Waals surface area (Å²) in [5.41, 5.74) is 3.21. The number of carbonyl (C=O) groups is 4. The van der Waals surface area contributed by atoms with Crippen molar-refractivity contribution in [3.63, 3.8) is 0 Å². The lowest BCUT2D eigenvalue weighted by molar-refractivity contribution is -0.131. The van der Waals surface area contributed by atoms with Crippen molar-refractivity contribution in [3.8, 4) is 23.1 Å². The molecule has 5 aromatic heterocycles. The van der Waals surface area contributed by atoms with Gasteiger partial charge in [-0.3, -0.25) is 14.4 Å². The Bertz CT molecular complexity index is 3090. The molecule has 2 saturated heterocycles. The molecule has 0 spiro atoms. The first-order valence-corrected chi connectivity index (χ1v) is 21.2. The van der Waals surface area contributed by atoms with Crippen LogP contribution < -0.4 is 34.1 Å². The topological polar surface area (TPSA) is 243 Å². The number of amides is 1. The minimum atomic E-state index is -1.53. The number of benzene rings is 3. The van der Waals surface area contributed by atoms with E-state index >= 15 is 0 Å². The third-order valence-corrected chi connectivity index (χ3v) is 11.5. The van der Waals surface area contributed by atoms with Crippen LogP contribution in [0.1, 0.15) is 20.7 Å². The predicted octanol–water partition coefficient (Wildman–Crippen LogP) is 4.55. The average Bonchev–Trinajstić information content (AvgIpc) is 4.04. The van der Waals surface area contributed by atoms with Crippen LogP contribution in [0.2, 0.25) is 0 Å². The van der Waals surface area contributed by atoms with E-state index in [9.17, 15) is 19.2 Å². The van der Waals surface area contributed by atoms with Gasteiger partial charge in [-0.25, -0.2) is 29.7 Å². The van der Waals surface area contributed by atoms with Gasteiger partial charge in [-0.15, -0.1) is 0 Å². The molecule has 2 aliphatic rings.